The van der Waals surface area contributed by atoms with Gasteiger partial charge in [-0.05, 0) is 52.2 Å². The molecule has 1 aromatic heterocycles. The van der Waals surface area contributed by atoms with Gasteiger partial charge in [-0.3, -0.25) is 0 Å². The smallest absolute Gasteiger partial charge is 0.191 e. The van der Waals surface area contributed by atoms with E-state index >= 15 is 0 Å². The zero-order valence-corrected chi connectivity index (χ0v) is 19.4. The van der Waals surface area contributed by atoms with Crippen LogP contribution in [0.2, 0.25) is 0 Å². The number of halogens is 1. The first kappa shape index (κ1) is 23.6. The molecule has 1 fully saturated rings. The lowest BCUT2D eigenvalue weighted by atomic mass is 9.88. The van der Waals surface area contributed by atoms with Crippen molar-refractivity contribution in [3.05, 3.63) is 22.4 Å². The van der Waals surface area contributed by atoms with Crippen molar-refractivity contribution < 1.29 is 9.84 Å². The highest BCUT2D eigenvalue weighted by atomic mass is 127. The number of aliphatic imine (C=N–C) groups is 1. The Morgan fingerprint density at radius 2 is 2.08 bits per heavy atom. The van der Waals surface area contributed by atoms with Crippen molar-refractivity contribution in [2.45, 2.75) is 37.8 Å². The van der Waals surface area contributed by atoms with Gasteiger partial charge in [0.15, 0.2) is 5.96 Å². The summed E-state index contributed by atoms with van der Waals surface area (Å²) in [5, 5.41) is 19.4. The summed E-state index contributed by atoms with van der Waals surface area (Å²) >= 11 is 1.55. The van der Waals surface area contributed by atoms with E-state index in [-0.39, 0.29) is 29.5 Å². The van der Waals surface area contributed by atoms with Crippen molar-refractivity contribution in [2.75, 3.05) is 46.9 Å². The summed E-state index contributed by atoms with van der Waals surface area (Å²) < 4.78 is 5.53. The summed E-state index contributed by atoms with van der Waals surface area (Å²) in [5.41, 5.74) is -0.876. The molecule has 1 aromatic rings. The van der Waals surface area contributed by atoms with Gasteiger partial charge in [0.1, 0.15) is 5.60 Å². The maximum atomic E-state index is 10.7. The summed E-state index contributed by atoms with van der Waals surface area (Å²) in [6, 6.07) is 3.90. The Bertz CT molecular complexity index is 543. The molecule has 1 unspecified atom stereocenters. The normalized spacial score (nSPS) is 19.5. The Morgan fingerprint density at radius 3 is 2.62 bits per heavy atom. The number of nitrogens with one attached hydrogen (secondary N) is 2. The zero-order chi connectivity index (χ0) is 18.3. The third kappa shape index (κ3) is 6.33. The minimum atomic E-state index is -0.950. The molecule has 2 heterocycles. The Kier molecular flexibility index (Phi) is 9.81. The Hall–Kier alpha value is -0.420. The van der Waals surface area contributed by atoms with Gasteiger partial charge in [0, 0.05) is 36.7 Å². The van der Waals surface area contributed by atoms with Crippen LogP contribution in [0.1, 0.15) is 31.6 Å². The average molecular weight is 496 g/mol. The summed E-state index contributed by atoms with van der Waals surface area (Å²) in [6.45, 7) is 7.35. The minimum absolute atomic E-state index is 0. The average Bonchev–Trinajstić information content (AvgIpc) is 3.14. The molecule has 2 rings (SSSR count). The lowest BCUT2D eigenvalue weighted by Crippen LogP contribution is -2.57. The summed E-state index contributed by atoms with van der Waals surface area (Å²) in [6.07, 6.45) is 2.00. The molecule has 0 saturated carbocycles. The number of guanidine groups is 1. The standard InChI is InChI=1S/C18H32N4O2S.HI/c1-5-19-16(20-13-17(2,23)15-7-6-12-25-15)21-14-18(22(3)4)8-10-24-11-9-18;/h6-7,12,23H,5,8-11,13-14H2,1-4H3,(H2,19,20,21);1H. The lowest BCUT2D eigenvalue weighted by Gasteiger charge is -2.43. The van der Waals surface area contributed by atoms with E-state index in [2.05, 4.69) is 34.6 Å². The summed E-state index contributed by atoms with van der Waals surface area (Å²) in [4.78, 5) is 7.83. The Balaban J connectivity index is 0.00000338. The molecule has 26 heavy (non-hydrogen) atoms. The maximum absolute atomic E-state index is 10.7. The van der Waals surface area contributed by atoms with Crippen LogP contribution in [-0.4, -0.2) is 68.4 Å². The number of rotatable bonds is 7. The molecular weight excluding hydrogens is 463 g/mol. The quantitative estimate of drug-likeness (QED) is 0.307. The van der Waals surface area contributed by atoms with Crippen LogP contribution in [0.3, 0.4) is 0 Å². The van der Waals surface area contributed by atoms with E-state index in [9.17, 15) is 5.11 Å². The van der Waals surface area contributed by atoms with Crippen LogP contribution in [0.5, 0.6) is 0 Å². The van der Waals surface area contributed by atoms with E-state index in [4.69, 9.17) is 4.74 Å². The fourth-order valence-electron chi connectivity index (χ4n) is 3.02. The highest BCUT2D eigenvalue weighted by molar-refractivity contribution is 14.0. The van der Waals surface area contributed by atoms with Crippen molar-refractivity contribution in [1.82, 2.24) is 15.5 Å². The molecule has 0 radical (unpaired) electrons. The van der Waals surface area contributed by atoms with E-state index in [1.807, 2.05) is 31.4 Å². The van der Waals surface area contributed by atoms with Gasteiger partial charge in [-0.1, -0.05) is 6.07 Å². The lowest BCUT2D eigenvalue weighted by molar-refractivity contribution is -0.00503. The van der Waals surface area contributed by atoms with Crippen LogP contribution in [0.4, 0.5) is 0 Å². The third-order valence-corrected chi connectivity index (χ3v) is 6.02. The van der Waals surface area contributed by atoms with Crippen molar-refractivity contribution in [3.8, 4) is 0 Å². The number of hydrogen-bond acceptors (Lipinski definition) is 5. The van der Waals surface area contributed by atoms with Crippen molar-refractivity contribution in [1.29, 1.82) is 0 Å². The van der Waals surface area contributed by atoms with E-state index in [1.54, 1.807) is 11.3 Å². The molecular formula is C18H33IN4O2S. The number of hydrogen-bond donors (Lipinski definition) is 3. The van der Waals surface area contributed by atoms with Gasteiger partial charge in [0.2, 0.25) is 0 Å². The van der Waals surface area contributed by atoms with Crippen LogP contribution < -0.4 is 10.6 Å². The molecule has 8 heteroatoms. The molecule has 0 amide bonds. The number of likely N-dealkylation sites (N-methyl/N-ethyl adjacent to an activating group) is 1. The first-order valence-corrected chi connectivity index (χ1v) is 9.81. The molecule has 3 N–H and O–H groups in total. The number of ether oxygens (including phenoxy) is 1. The predicted molar refractivity (Wildman–Crippen MR) is 120 cm³/mol. The van der Waals surface area contributed by atoms with Gasteiger partial charge in [-0.15, -0.1) is 35.3 Å². The van der Waals surface area contributed by atoms with Gasteiger partial charge in [-0.2, -0.15) is 0 Å². The highest BCUT2D eigenvalue weighted by Gasteiger charge is 2.35. The summed E-state index contributed by atoms with van der Waals surface area (Å²) in [7, 11) is 4.25. The molecule has 150 valence electrons. The van der Waals surface area contributed by atoms with E-state index in [1.165, 1.54) is 0 Å². The number of aliphatic hydroxyl groups is 1. The fraction of sp³-hybridized carbons (Fsp3) is 0.722. The molecule has 1 aliphatic heterocycles. The Labute approximate surface area is 178 Å². The van der Waals surface area contributed by atoms with Crippen LogP contribution in [0.15, 0.2) is 22.5 Å². The molecule has 1 saturated heterocycles. The fourth-order valence-corrected chi connectivity index (χ4v) is 3.80. The van der Waals surface area contributed by atoms with Crippen molar-refractivity contribution in [2.24, 2.45) is 4.99 Å². The molecule has 0 spiro atoms. The molecule has 0 bridgehead atoms. The molecule has 6 nitrogen and oxygen atoms in total. The number of nitrogens with zero attached hydrogens (tertiary/aromatic N) is 2. The van der Waals surface area contributed by atoms with Crippen LogP contribution in [-0.2, 0) is 10.3 Å². The van der Waals surface area contributed by atoms with Crippen LogP contribution in [0, 0.1) is 0 Å². The predicted octanol–water partition coefficient (Wildman–Crippen LogP) is 2.24. The van der Waals surface area contributed by atoms with Gasteiger partial charge >= 0.3 is 0 Å². The summed E-state index contributed by atoms with van der Waals surface area (Å²) in [5.74, 6) is 0.743. The second-order valence-electron chi connectivity index (χ2n) is 7.03. The largest absolute Gasteiger partial charge is 0.383 e. The maximum Gasteiger partial charge on any atom is 0.191 e. The van der Waals surface area contributed by atoms with Crippen molar-refractivity contribution in [3.63, 3.8) is 0 Å². The van der Waals surface area contributed by atoms with Crippen molar-refractivity contribution >= 4 is 41.3 Å². The second-order valence-corrected chi connectivity index (χ2v) is 7.98. The van der Waals surface area contributed by atoms with E-state index in [0.717, 1.165) is 50.0 Å². The van der Waals surface area contributed by atoms with Gasteiger partial charge in [-0.25, -0.2) is 4.99 Å². The SMILES string of the molecule is CCNC(=NCC(C)(O)c1cccs1)NCC1(N(C)C)CCOCC1.I. The zero-order valence-electron chi connectivity index (χ0n) is 16.2. The first-order valence-electron chi connectivity index (χ1n) is 8.93. The number of thiophene rings is 1. The molecule has 1 atom stereocenters. The third-order valence-electron chi connectivity index (χ3n) is 4.90. The second kappa shape index (κ2) is 10.8. The van der Waals surface area contributed by atoms with Gasteiger partial charge < -0.3 is 25.4 Å². The van der Waals surface area contributed by atoms with Gasteiger partial charge in [0.05, 0.1) is 6.54 Å². The van der Waals surface area contributed by atoms with Crippen LogP contribution in [0.25, 0.3) is 0 Å². The van der Waals surface area contributed by atoms with E-state index < -0.39 is 5.60 Å². The first-order chi connectivity index (χ1) is 11.9. The van der Waals surface area contributed by atoms with E-state index in [0.29, 0.717) is 6.54 Å². The molecule has 1 aliphatic rings. The highest BCUT2D eigenvalue weighted by Crippen LogP contribution is 2.26. The Morgan fingerprint density at radius 1 is 1.38 bits per heavy atom. The molecule has 0 aromatic carbocycles. The monoisotopic (exact) mass is 496 g/mol. The topological polar surface area (TPSA) is 69.1 Å². The molecule has 0 aliphatic carbocycles. The van der Waals surface area contributed by atoms with Gasteiger partial charge in [0.25, 0.3) is 0 Å². The minimum Gasteiger partial charge on any atom is -0.383 e. The van der Waals surface area contributed by atoms with Crippen LogP contribution >= 0.6 is 35.3 Å².